The Morgan fingerprint density at radius 1 is 0.900 bits per heavy atom. The van der Waals surface area contributed by atoms with Crippen LogP contribution in [0.4, 0.5) is 0 Å². The van der Waals surface area contributed by atoms with Gasteiger partial charge in [-0.3, -0.25) is 0 Å². The van der Waals surface area contributed by atoms with E-state index in [2.05, 4.69) is 49.4 Å². The van der Waals surface area contributed by atoms with Crippen molar-refractivity contribution in [2.24, 2.45) is 0 Å². The van der Waals surface area contributed by atoms with Crippen LogP contribution in [0, 0.1) is 0 Å². The summed E-state index contributed by atoms with van der Waals surface area (Å²) in [6.07, 6.45) is 7.81. The van der Waals surface area contributed by atoms with Gasteiger partial charge in [-0.1, -0.05) is 81.5 Å². The van der Waals surface area contributed by atoms with Crippen LogP contribution in [0.3, 0.4) is 0 Å². The van der Waals surface area contributed by atoms with Crippen LogP contribution in [0.15, 0.2) is 42.5 Å². The lowest BCUT2D eigenvalue weighted by molar-refractivity contribution is 0.161. The topological polar surface area (TPSA) is 20.2 Å². The number of aliphatic hydroxyl groups is 1. The quantitative estimate of drug-likeness (QED) is 0.661. The maximum Gasteiger partial charge on any atom is 0.0580 e. The second-order valence-electron chi connectivity index (χ2n) is 5.74. The van der Waals surface area contributed by atoms with Crippen molar-refractivity contribution in [3.63, 3.8) is 0 Å². The Hall–Kier alpha value is -1.34. The predicted octanol–water partition coefficient (Wildman–Crippen LogP) is 5.10. The van der Waals surface area contributed by atoms with E-state index in [0.29, 0.717) is 0 Å². The van der Waals surface area contributed by atoms with Gasteiger partial charge in [0.05, 0.1) is 6.10 Å². The molecule has 0 saturated heterocycles. The van der Waals surface area contributed by atoms with Crippen molar-refractivity contribution in [3.05, 3.63) is 48.0 Å². The molecule has 0 aliphatic carbocycles. The van der Waals surface area contributed by atoms with Gasteiger partial charge in [-0.15, -0.1) is 0 Å². The normalized spacial score (nSPS) is 12.7. The summed E-state index contributed by atoms with van der Waals surface area (Å²) in [5.41, 5.74) is 1.24. The second kappa shape index (κ2) is 8.06. The first-order valence-corrected chi connectivity index (χ1v) is 7.95. The number of fused-ring (bicyclic) bond motifs is 1. The molecule has 20 heavy (non-hydrogen) atoms. The average Bonchev–Trinajstić information content (AvgIpc) is 2.47. The van der Waals surface area contributed by atoms with Crippen LogP contribution in [0.1, 0.15) is 51.0 Å². The molecule has 0 heterocycles. The van der Waals surface area contributed by atoms with Crippen molar-refractivity contribution < 1.29 is 5.11 Å². The summed E-state index contributed by atoms with van der Waals surface area (Å²) in [7, 11) is 0. The largest absolute Gasteiger partial charge is 0.393 e. The third-order valence-corrected chi connectivity index (χ3v) is 3.93. The molecule has 0 aliphatic heterocycles. The fourth-order valence-electron chi connectivity index (χ4n) is 2.72. The highest BCUT2D eigenvalue weighted by atomic mass is 16.3. The molecule has 0 fully saturated rings. The molecule has 108 valence electrons. The third-order valence-electron chi connectivity index (χ3n) is 3.93. The summed E-state index contributed by atoms with van der Waals surface area (Å²) in [5.74, 6) is 0. The molecule has 0 bridgehead atoms. The first kappa shape index (κ1) is 15.1. The van der Waals surface area contributed by atoms with Crippen molar-refractivity contribution >= 4 is 10.8 Å². The number of aliphatic hydroxyl groups excluding tert-OH is 1. The van der Waals surface area contributed by atoms with E-state index in [1.54, 1.807) is 0 Å². The molecular formula is C19H26O. The molecule has 0 amide bonds. The van der Waals surface area contributed by atoms with E-state index in [-0.39, 0.29) is 6.10 Å². The van der Waals surface area contributed by atoms with Crippen LogP contribution in [-0.2, 0) is 6.42 Å². The molecule has 1 nitrogen and oxygen atoms in total. The molecule has 0 radical (unpaired) electrons. The van der Waals surface area contributed by atoms with E-state index in [0.717, 1.165) is 19.3 Å². The van der Waals surface area contributed by atoms with Crippen LogP contribution in [0.2, 0.25) is 0 Å². The van der Waals surface area contributed by atoms with E-state index in [4.69, 9.17) is 0 Å². The molecule has 2 rings (SSSR count). The van der Waals surface area contributed by atoms with Crippen LogP contribution in [-0.4, -0.2) is 11.2 Å². The Morgan fingerprint density at radius 2 is 1.65 bits per heavy atom. The molecule has 1 unspecified atom stereocenters. The highest BCUT2D eigenvalue weighted by molar-refractivity contribution is 5.82. The van der Waals surface area contributed by atoms with Gasteiger partial charge >= 0.3 is 0 Å². The van der Waals surface area contributed by atoms with Gasteiger partial charge in [-0.25, -0.2) is 0 Å². The molecule has 1 atom stereocenters. The number of unbranched alkanes of at least 4 members (excludes halogenated alkanes) is 4. The summed E-state index contributed by atoms with van der Waals surface area (Å²) in [4.78, 5) is 0. The van der Waals surface area contributed by atoms with E-state index in [1.807, 2.05) is 0 Å². The number of rotatable bonds is 8. The minimum absolute atomic E-state index is 0.196. The zero-order chi connectivity index (χ0) is 14.2. The molecular weight excluding hydrogens is 244 g/mol. The van der Waals surface area contributed by atoms with Crippen molar-refractivity contribution in [2.75, 3.05) is 0 Å². The van der Waals surface area contributed by atoms with Crippen LogP contribution < -0.4 is 0 Å². The molecule has 0 spiro atoms. The summed E-state index contributed by atoms with van der Waals surface area (Å²) in [6, 6.07) is 14.9. The van der Waals surface area contributed by atoms with Crippen molar-refractivity contribution in [3.8, 4) is 0 Å². The van der Waals surface area contributed by atoms with E-state index in [1.165, 1.54) is 42.0 Å². The SMILES string of the molecule is CCCCCCCC(O)Cc1ccc2ccccc2c1. The van der Waals surface area contributed by atoms with Gasteiger partial charge in [0, 0.05) is 0 Å². The van der Waals surface area contributed by atoms with Crippen molar-refractivity contribution in [1.82, 2.24) is 0 Å². The maximum absolute atomic E-state index is 10.1. The Bertz CT molecular complexity index is 518. The van der Waals surface area contributed by atoms with Gasteiger partial charge in [-0.05, 0) is 29.2 Å². The Kier molecular flexibility index (Phi) is 6.07. The summed E-state index contributed by atoms with van der Waals surface area (Å²) in [6.45, 7) is 2.23. The van der Waals surface area contributed by atoms with Gasteiger partial charge in [0.1, 0.15) is 0 Å². The summed E-state index contributed by atoms with van der Waals surface area (Å²) in [5, 5.41) is 12.7. The Balaban J connectivity index is 1.81. The number of benzene rings is 2. The number of hydrogen-bond donors (Lipinski definition) is 1. The fraction of sp³-hybridized carbons (Fsp3) is 0.474. The third kappa shape index (κ3) is 4.64. The van der Waals surface area contributed by atoms with Crippen LogP contribution in [0.25, 0.3) is 10.8 Å². The highest BCUT2D eigenvalue weighted by Gasteiger charge is 2.06. The maximum atomic E-state index is 10.1. The van der Waals surface area contributed by atoms with Crippen LogP contribution >= 0.6 is 0 Å². The monoisotopic (exact) mass is 270 g/mol. The Labute approximate surface area is 122 Å². The van der Waals surface area contributed by atoms with E-state index < -0.39 is 0 Å². The molecule has 1 N–H and O–H groups in total. The fourth-order valence-corrected chi connectivity index (χ4v) is 2.72. The van der Waals surface area contributed by atoms with Crippen molar-refractivity contribution in [1.29, 1.82) is 0 Å². The van der Waals surface area contributed by atoms with Gasteiger partial charge in [0.25, 0.3) is 0 Å². The predicted molar refractivity (Wildman–Crippen MR) is 87.0 cm³/mol. The van der Waals surface area contributed by atoms with Gasteiger partial charge in [-0.2, -0.15) is 0 Å². The second-order valence-corrected chi connectivity index (χ2v) is 5.74. The summed E-state index contributed by atoms with van der Waals surface area (Å²) < 4.78 is 0. The first-order valence-electron chi connectivity index (χ1n) is 7.95. The summed E-state index contributed by atoms with van der Waals surface area (Å²) >= 11 is 0. The Morgan fingerprint density at radius 3 is 2.45 bits per heavy atom. The van der Waals surface area contributed by atoms with Crippen LogP contribution in [0.5, 0.6) is 0 Å². The minimum Gasteiger partial charge on any atom is -0.393 e. The minimum atomic E-state index is -0.196. The molecule has 0 aromatic heterocycles. The number of hydrogen-bond acceptors (Lipinski definition) is 1. The lowest BCUT2D eigenvalue weighted by Crippen LogP contribution is -2.10. The molecule has 2 aromatic carbocycles. The van der Waals surface area contributed by atoms with Gasteiger partial charge < -0.3 is 5.11 Å². The lowest BCUT2D eigenvalue weighted by Gasteiger charge is -2.11. The molecule has 2 aromatic rings. The molecule has 0 saturated carbocycles. The lowest BCUT2D eigenvalue weighted by atomic mass is 9.99. The van der Waals surface area contributed by atoms with E-state index >= 15 is 0 Å². The van der Waals surface area contributed by atoms with Crippen molar-refractivity contribution in [2.45, 2.75) is 58.0 Å². The van der Waals surface area contributed by atoms with Gasteiger partial charge in [0.15, 0.2) is 0 Å². The molecule has 0 aliphatic rings. The zero-order valence-electron chi connectivity index (χ0n) is 12.5. The molecule has 1 heteroatoms. The average molecular weight is 270 g/mol. The first-order chi connectivity index (χ1) is 9.79. The van der Waals surface area contributed by atoms with Gasteiger partial charge in [0.2, 0.25) is 0 Å². The smallest absolute Gasteiger partial charge is 0.0580 e. The highest BCUT2D eigenvalue weighted by Crippen LogP contribution is 2.18. The van der Waals surface area contributed by atoms with E-state index in [9.17, 15) is 5.11 Å². The zero-order valence-corrected chi connectivity index (χ0v) is 12.5. The standard InChI is InChI=1S/C19H26O/c1-2-3-4-5-6-11-19(20)15-16-12-13-17-9-7-8-10-18(17)14-16/h7-10,12-14,19-20H,2-6,11,15H2,1H3.